The van der Waals surface area contributed by atoms with Crippen LogP contribution in [0, 0.1) is 0 Å². The van der Waals surface area contributed by atoms with Crippen molar-refractivity contribution in [3.05, 3.63) is 0 Å². The molecule has 4 heteroatoms. The molecular formula is C7H13ClO3. The van der Waals surface area contributed by atoms with Crippen LogP contribution in [0.25, 0.3) is 0 Å². The van der Waals surface area contributed by atoms with Crippen LogP contribution in [-0.4, -0.2) is 29.2 Å². The molecule has 0 unspecified atom stereocenters. The monoisotopic (exact) mass is 180 g/mol. The van der Waals surface area contributed by atoms with Gasteiger partial charge in [-0.2, -0.15) is 0 Å². The van der Waals surface area contributed by atoms with E-state index in [9.17, 15) is 4.79 Å². The fraction of sp³-hybridized carbons (Fsp3) is 0.857. The maximum absolute atomic E-state index is 10.7. The van der Waals surface area contributed by atoms with Crippen molar-refractivity contribution in [2.45, 2.75) is 31.7 Å². The molecule has 11 heavy (non-hydrogen) atoms. The summed E-state index contributed by atoms with van der Waals surface area (Å²) in [5.74, 6) is -0.367. The molecule has 3 nitrogen and oxygen atoms in total. The molecule has 0 spiro atoms. The van der Waals surface area contributed by atoms with Crippen LogP contribution >= 0.6 is 11.6 Å². The van der Waals surface area contributed by atoms with Crippen LogP contribution in [0.4, 0.5) is 0 Å². The summed E-state index contributed by atoms with van der Waals surface area (Å²) >= 11 is 5.60. The van der Waals surface area contributed by atoms with Crippen molar-refractivity contribution < 1.29 is 14.6 Å². The second kappa shape index (κ2) is 5.38. The predicted octanol–water partition coefficient (Wildman–Crippen LogP) is 0.928. The fourth-order valence-corrected chi connectivity index (χ4v) is 0.676. The molecule has 66 valence electrons. The highest BCUT2D eigenvalue weighted by molar-refractivity contribution is 6.22. The molecular weight excluding hydrogens is 168 g/mol. The van der Waals surface area contributed by atoms with E-state index in [1.54, 1.807) is 6.92 Å². The van der Waals surface area contributed by atoms with Gasteiger partial charge in [0.15, 0.2) is 0 Å². The molecule has 0 saturated heterocycles. The van der Waals surface area contributed by atoms with Crippen LogP contribution in [0.1, 0.15) is 20.3 Å². The first-order valence-electron chi connectivity index (χ1n) is 3.55. The summed E-state index contributed by atoms with van der Waals surface area (Å²) in [6.45, 7) is 3.61. The Morgan fingerprint density at radius 1 is 1.73 bits per heavy atom. The average Bonchev–Trinajstić information content (AvgIpc) is 1.87. The minimum atomic E-state index is -0.680. The molecule has 0 aliphatic rings. The normalized spacial score (nSPS) is 15.6. The molecule has 0 radical (unpaired) electrons. The molecule has 0 fully saturated rings. The lowest BCUT2D eigenvalue weighted by atomic mass is 10.2. The SMILES string of the molecule is CCOC(=O)C[C@H](Cl)[C@H](C)O. The number of carbonyl (C=O) groups excluding carboxylic acids is 1. The molecule has 0 aromatic heterocycles. The Bertz CT molecular complexity index is 125. The second-order valence-corrected chi connectivity index (χ2v) is 2.83. The lowest BCUT2D eigenvalue weighted by Crippen LogP contribution is -2.21. The van der Waals surface area contributed by atoms with Gasteiger partial charge in [-0.1, -0.05) is 0 Å². The molecule has 0 aromatic rings. The first-order valence-corrected chi connectivity index (χ1v) is 3.99. The van der Waals surface area contributed by atoms with Crippen molar-refractivity contribution in [3.63, 3.8) is 0 Å². The van der Waals surface area contributed by atoms with Crippen molar-refractivity contribution in [3.8, 4) is 0 Å². The number of hydrogen-bond donors (Lipinski definition) is 1. The Labute approximate surface area is 71.3 Å². The van der Waals surface area contributed by atoms with Gasteiger partial charge in [0, 0.05) is 0 Å². The van der Waals surface area contributed by atoms with E-state index < -0.39 is 11.5 Å². The largest absolute Gasteiger partial charge is 0.466 e. The molecule has 2 atom stereocenters. The summed E-state index contributed by atoms with van der Waals surface area (Å²) < 4.78 is 4.63. The highest BCUT2D eigenvalue weighted by atomic mass is 35.5. The summed E-state index contributed by atoms with van der Waals surface area (Å²) in [6.07, 6.45) is -0.617. The number of alkyl halides is 1. The minimum Gasteiger partial charge on any atom is -0.466 e. The average molecular weight is 181 g/mol. The van der Waals surface area contributed by atoms with E-state index in [1.807, 2.05) is 0 Å². The van der Waals surface area contributed by atoms with Crippen molar-refractivity contribution in [2.75, 3.05) is 6.61 Å². The maximum Gasteiger partial charge on any atom is 0.307 e. The van der Waals surface area contributed by atoms with Crippen molar-refractivity contribution in [1.29, 1.82) is 0 Å². The number of aliphatic hydroxyl groups is 1. The minimum absolute atomic E-state index is 0.0626. The first kappa shape index (κ1) is 10.7. The van der Waals surface area contributed by atoms with Crippen LogP contribution in [0.2, 0.25) is 0 Å². The number of halogens is 1. The zero-order valence-corrected chi connectivity index (χ0v) is 7.47. The number of esters is 1. The molecule has 0 amide bonds. The highest BCUT2D eigenvalue weighted by Crippen LogP contribution is 2.07. The third-order valence-corrected chi connectivity index (χ3v) is 1.71. The standard InChI is InChI=1S/C7H13ClO3/c1-3-11-7(10)4-6(8)5(2)9/h5-6,9H,3-4H2,1-2H3/t5-,6-/m0/s1. The van der Waals surface area contributed by atoms with E-state index in [0.717, 1.165) is 0 Å². The molecule has 0 saturated carbocycles. The van der Waals surface area contributed by atoms with Gasteiger partial charge < -0.3 is 9.84 Å². The van der Waals surface area contributed by atoms with E-state index in [-0.39, 0.29) is 12.4 Å². The summed E-state index contributed by atoms with van der Waals surface area (Å²) in [4.78, 5) is 10.7. The number of ether oxygens (including phenoxy) is 1. The quantitative estimate of drug-likeness (QED) is 0.517. The van der Waals surface area contributed by atoms with Gasteiger partial charge >= 0.3 is 5.97 Å². The van der Waals surface area contributed by atoms with Gasteiger partial charge in [-0.25, -0.2) is 0 Å². The van der Waals surface area contributed by atoms with Gasteiger partial charge in [0.1, 0.15) is 0 Å². The van der Waals surface area contributed by atoms with E-state index in [2.05, 4.69) is 4.74 Å². The Hall–Kier alpha value is -0.280. The third-order valence-electron chi connectivity index (χ3n) is 1.19. The lowest BCUT2D eigenvalue weighted by Gasteiger charge is -2.10. The molecule has 0 aromatic carbocycles. The highest BCUT2D eigenvalue weighted by Gasteiger charge is 2.16. The summed E-state index contributed by atoms with van der Waals surface area (Å²) in [5.41, 5.74) is 0. The second-order valence-electron chi connectivity index (χ2n) is 2.27. The number of hydrogen-bond acceptors (Lipinski definition) is 3. The van der Waals surface area contributed by atoms with E-state index in [1.165, 1.54) is 6.92 Å². The Balaban J connectivity index is 3.57. The van der Waals surface area contributed by atoms with Gasteiger partial charge in [-0.3, -0.25) is 4.79 Å². The summed E-state index contributed by atoms with van der Waals surface area (Å²) in [6, 6.07) is 0. The van der Waals surface area contributed by atoms with E-state index in [4.69, 9.17) is 16.7 Å². The Morgan fingerprint density at radius 3 is 2.64 bits per heavy atom. The molecule has 0 aliphatic heterocycles. The Kier molecular flexibility index (Phi) is 5.24. The van der Waals surface area contributed by atoms with Gasteiger partial charge in [0.05, 0.1) is 24.5 Å². The fourth-order valence-electron chi connectivity index (χ4n) is 0.550. The third kappa shape index (κ3) is 5.04. The predicted molar refractivity (Wildman–Crippen MR) is 42.6 cm³/mol. The van der Waals surface area contributed by atoms with Crippen molar-refractivity contribution >= 4 is 17.6 Å². The molecule has 0 aliphatic carbocycles. The number of rotatable bonds is 4. The smallest absolute Gasteiger partial charge is 0.307 e. The van der Waals surface area contributed by atoms with Gasteiger partial charge in [-0.15, -0.1) is 11.6 Å². The number of aliphatic hydroxyl groups excluding tert-OH is 1. The molecule has 0 heterocycles. The maximum atomic E-state index is 10.7. The van der Waals surface area contributed by atoms with Crippen LogP contribution in [0.3, 0.4) is 0 Å². The van der Waals surface area contributed by atoms with Crippen LogP contribution in [0.15, 0.2) is 0 Å². The van der Waals surface area contributed by atoms with Crippen molar-refractivity contribution in [2.24, 2.45) is 0 Å². The van der Waals surface area contributed by atoms with E-state index >= 15 is 0 Å². The summed E-state index contributed by atoms with van der Waals surface area (Å²) in [7, 11) is 0. The zero-order valence-electron chi connectivity index (χ0n) is 6.71. The van der Waals surface area contributed by atoms with Gasteiger partial charge in [0.25, 0.3) is 0 Å². The van der Waals surface area contributed by atoms with Crippen LogP contribution in [0.5, 0.6) is 0 Å². The van der Waals surface area contributed by atoms with Gasteiger partial charge in [0.2, 0.25) is 0 Å². The first-order chi connectivity index (χ1) is 5.07. The molecule has 1 N–H and O–H groups in total. The topological polar surface area (TPSA) is 46.5 Å². The molecule has 0 bridgehead atoms. The van der Waals surface area contributed by atoms with Gasteiger partial charge in [-0.05, 0) is 13.8 Å². The van der Waals surface area contributed by atoms with Crippen molar-refractivity contribution in [1.82, 2.24) is 0 Å². The zero-order chi connectivity index (χ0) is 8.85. The van der Waals surface area contributed by atoms with E-state index in [0.29, 0.717) is 6.61 Å². The van der Waals surface area contributed by atoms with Crippen LogP contribution in [-0.2, 0) is 9.53 Å². The summed E-state index contributed by atoms with van der Waals surface area (Å²) in [5, 5.41) is 8.35. The molecule has 0 rings (SSSR count). The van der Waals surface area contributed by atoms with Crippen LogP contribution < -0.4 is 0 Å². The Morgan fingerprint density at radius 2 is 2.27 bits per heavy atom. The lowest BCUT2D eigenvalue weighted by molar-refractivity contribution is -0.143. The number of carbonyl (C=O) groups is 1.